The second-order valence-corrected chi connectivity index (χ2v) is 4.66. The Kier molecular flexibility index (Phi) is 4.12. The largest absolute Gasteiger partial charge is 0.380 e. The van der Waals surface area contributed by atoms with Gasteiger partial charge in [-0.3, -0.25) is 9.78 Å². The lowest BCUT2D eigenvalue weighted by molar-refractivity contribution is 0.0747. The lowest BCUT2D eigenvalue weighted by atomic mass is 10.0. The molecular formula is C14H13NO2S. The molecule has 0 radical (unpaired) electrons. The number of ketones is 1. The molecule has 0 aliphatic heterocycles. The van der Waals surface area contributed by atoms with Gasteiger partial charge < -0.3 is 5.11 Å². The number of thioether (sulfide) groups is 1. The van der Waals surface area contributed by atoms with Gasteiger partial charge in [-0.25, -0.2) is 0 Å². The summed E-state index contributed by atoms with van der Waals surface area (Å²) in [6.07, 6.45) is 3.96. The minimum Gasteiger partial charge on any atom is -0.380 e. The molecule has 0 saturated carbocycles. The van der Waals surface area contributed by atoms with Crippen LogP contribution >= 0.6 is 11.8 Å². The van der Waals surface area contributed by atoms with E-state index < -0.39 is 6.10 Å². The van der Waals surface area contributed by atoms with Crippen molar-refractivity contribution >= 4 is 17.5 Å². The normalized spacial score (nSPS) is 12.1. The molecule has 1 aromatic carbocycles. The average molecular weight is 259 g/mol. The Morgan fingerprint density at radius 3 is 2.33 bits per heavy atom. The number of Topliss-reactive ketones (excluding diaryl/α,β-unsaturated/α-hetero) is 1. The topological polar surface area (TPSA) is 50.2 Å². The third kappa shape index (κ3) is 2.78. The first-order valence-electron chi connectivity index (χ1n) is 5.48. The Balaban J connectivity index is 2.20. The highest BCUT2D eigenvalue weighted by molar-refractivity contribution is 7.98. The van der Waals surface area contributed by atoms with E-state index in [0.29, 0.717) is 11.1 Å². The van der Waals surface area contributed by atoms with Crippen molar-refractivity contribution in [1.29, 1.82) is 0 Å². The summed E-state index contributed by atoms with van der Waals surface area (Å²) in [5.41, 5.74) is 1.07. The second kappa shape index (κ2) is 5.80. The van der Waals surface area contributed by atoms with Gasteiger partial charge in [0.15, 0.2) is 5.78 Å². The molecule has 0 unspecified atom stereocenters. The van der Waals surface area contributed by atoms with E-state index in [1.54, 1.807) is 48.4 Å². The third-order valence-corrected chi connectivity index (χ3v) is 3.39. The van der Waals surface area contributed by atoms with Gasteiger partial charge in [-0.1, -0.05) is 12.1 Å². The molecule has 0 aliphatic carbocycles. The van der Waals surface area contributed by atoms with Crippen molar-refractivity contribution in [3.8, 4) is 0 Å². The molecule has 2 aromatic rings. The summed E-state index contributed by atoms with van der Waals surface area (Å²) in [6, 6.07) is 10.5. The minimum atomic E-state index is -1.13. The number of hydrogen-bond donors (Lipinski definition) is 1. The molecule has 1 aromatic heterocycles. The van der Waals surface area contributed by atoms with Crippen LogP contribution in [0.25, 0.3) is 0 Å². The number of aromatic nitrogens is 1. The van der Waals surface area contributed by atoms with Crippen LogP contribution in [0.5, 0.6) is 0 Å². The summed E-state index contributed by atoms with van der Waals surface area (Å²) in [6.45, 7) is 0. The average Bonchev–Trinajstić information content (AvgIpc) is 2.47. The van der Waals surface area contributed by atoms with Crippen molar-refractivity contribution in [2.75, 3.05) is 6.26 Å². The molecule has 0 fully saturated rings. The Morgan fingerprint density at radius 1 is 1.17 bits per heavy atom. The fraction of sp³-hybridized carbons (Fsp3) is 0.143. The van der Waals surface area contributed by atoms with Gasteiger partial charge in [0.05, 0.1) is 0 Å². The van der Waals surface area contributed by atoms with Crippen LogP contribution in [0, 0.1) is 0 Å². The first kappa shape index (κ1) is 12.8. The fourth-order valence-corrected chi connectivity index (χ4v) is 2.02. The van der Waals surface area contributed by atoms with Crippen molar-refractivity contribution in [1.82, 2.24) is 4.98 Å². The van der Waals surface area contributed by atoms with E-state index in [2.05, 4.69) is 4.98 Å². The summed E-state index contributed by atoms with van der Waals surface area (Å²) < 4.78 is 0. The van der Waals surface area contributed by atoms with E-state index in [4.69, 9.17) is 0 Å². The highest BCUT2D eigenvalue weighted by Gasteiger charge is 2.18. The molecule has 1 heterocycles. The molecule has 18 heavy (non-hydrogen) atoms. The van der Waals surface area contributed by atoms with Crippen LogP contribution < -0.4 is 0 Å². The number of carbonyl (C=O) groups is 1. The lowest BCUT2D eigenvalue weighted by Crippen LogP contribution is -2.12. The summed E-state index contributed by atoms with van der Waals surface area (Å²) in [5.74, 6) is -0.297. The van der Waals surface area contributed by atoms with Crippen LogP contribution in [0.4, 0.5) is 0 Å². The van der Waals surface area contributed by atoms with Gasteiger partial charge in [0.2, 0.25) is 0 Å². The number of benzene rings is 1. The Bertz CT molecular complexity index is 525. The van der Waals surface area contributed by atoms with E-state index in [1.165, 1.54) is 0 Å². The van der Waals surface area contributed by atoms with Gasteiger partial charge in [-0.2, -0.15) is 0 Å². The second-order valence-electron chi connectivity index (χ2n) is 3.78. The van der Waals surface area contributed by atoms with Crippen LogP contribution in [0.1, 0.15) is 22.0 Å². The maximum atomic E-state index is 12.1. The van der Waals surface area contributed by atoms with E-state index in [0.717, 1.165) is 4.90 Å². The van der Waals surface area contributed by atoms with Crippen molar-refractivity contribution < 1.29 is 9.90 Å². The standard InChI is InChI=1S/C14H13NO2S/c1-18-12-4-2-10(3-5-12)13(16)14(17)11-6-8-15-9-7-11/h2-9,14,17H,1H3/t14-/m0/s1. The predicted molar refractivity (Wildman–Crippen MR) is 71.8 cm³/mol. The molecule has 0 amide bonds. The fourth-order valence-electron chi connectivity index (χ4n) is 1.61. The zero-order valence-electron chi connectivity index (χ0n) is 9.91. The Labute approximate surface area is 110 Å². The van der Waals surface area contributed by atoms with E-state index in [-0.39, 0.29) is 5.78 Å². The van der Waals surface area contributed by atoms with Crippen molar-refractivity contribution in [3.63, 3.8) is 0 Å². The summed E-state index contributed by atoms with van der Waals surface area (Å²) in [7, 11) is 0. The van der Waals surface area contributed by atoms with Crippen LogP contribution in [0.15, 0.2) is 53.7 Å². The molecule has 1 atom stereocenters. The van der Waals surface area contributed by atoms with Gasteiger partial charge in [-0.05, 0) is 36.1 Å². The van der Waals surface area contributed by atoms with Gasteiger partial charge in [-0.15, -0.1) is 11.8 Å². The monoisotopic (exact) mass is 259 g/mol. The Morgan fingerprint density at radius 2 is 1.78 bits per heavy atom. The Hall–Kier alpha value is -1.65. The number of aliphatic hydroxyl groups is 1. The molecule has 4 heteroatoms. The lowest BCUT2D eigenvalue weighted by Gasteiger charge is -2.09. The molecule has 3 nitrogen and oxygen atoms in total. The minimum absolute atomic E-state index is 0.297. The summed E-state index contributed by atoms with van der Waals surface area (Å²) in [4.78, 5) is 17.0. The van der Waals surface area contributed by atoms with Gasteiger partial charge >= 0.3 is 0 Å². The highest BCUT2D eigenvalue weighted by atomic mass is 32.2. The molecule has 0 aliphatic rings. The number of aliphatic hydroxyl groups excluding tert-OH is 1. The molecule has 0 spiro atoms. The van der Waals surface area contributed by atoms with Crippen molar-refractivity contribution in [2.24, 2.45) is 0 Å². The van der Waals surface area contributed by atoms with Gasteiger partial charge in [0.25, 0.3) is 0 Å². The number of hydrogen-bond acceptors (Lipinski definition) is 4. The maximum Gasteiger partial charge on any atom is 0.195 e. The van der Waals surface area contributed by atoms with Crippen LogP contribution in [-0.2, 0) is 0 Å². The smallest absolute Gasteiger partial charge is 0.195 e. The molecule has 92 valence electrons. The van der Waals surface area contributed by atoms with E-state index in [1.807, 2.05) is 18.4 Å². The van der Waals surface area contributed by atoms with Crippen molar-refractivity contribution in [2.45, 2.75) is 11.0 Å². The van der Waals surface area contributed by atoms with E-state index >= 15 is 0 Å². The van der Waals surface area contributed by atoms with Gasteiger partial charge in [0, 0.05) is 22.9 Å². The highest BCUT2D eigenvalue weighted by Crippen LogP contribution is 2.20. The quantitative estimate of drug-likeness (QED) is 0.677. The molecule has 2 rings (SSSR count). The first-order valence-corrected chi connectivity index (χ1v) is 6.71. The summed E-state index contributed by atoms with van der Waals surface area (Å²) in [5, 5.41) is 9.99. The maximum absolute atomic E-state index is 12.1. The zero-order chi connectivity index (χ0) is 13.0. The number of nitrogens with zero attached hydrogens (tertiary/aromatic N) is 1. The van der Waals surface area contributed by atoms with E-state index in [9.17, 15) is 9.90 Å². The molecular weight excluding hydrogens is 246 g/mol. The van der Waals surface area contributed by atoms with Crippen molar-refractivity contribution in [3.05, 3.63) is 59.9 Å². The summed E-state index contributed by atoms with van der Waals surface area (Å²) >= 11 is 1.61. The van der Waals surface area contributed by atoms with Crippen LogP contribution in [0.3, 0.4) is 0 Å². The number of carbonyl (C=O) groups excluding carboxylic acids is 1. The van der Waals surface area contributed by atoms with Gasteiger partial charge in [0.1, 0.15) is 6.10 Å². The number of pyridine rings is 1. The number of rotatable bonds is 4. The molecule has 1 N–H and O–H groups in total. The third-order valence-electron chi connectivity index (χ3n) is 2.64. The predicted octanol–water partition coefficient (Wildman–Crippen LogP) is 2.72. The van der Waals surface area contributed by atoms with Crippen LogP contribution in [-0.4, -0.2) is 22.1 Å². The molecule has 0 saturated heterocycles. The SMILES string of the molecule is CSc1ccc(C(=O)[C@@H](O)c2ccncc2)cc1. The zero-order valence-corrected chi connectivity index (χ0v) is 10.7. The first-order chi connectivity index (χ1) is 8.72. The van der Waals surface area contributed by atoms with Crippen LogP contribution in [0.2, 0.25) is 0 Å². The molecule has 0 bridgehead atoms.